The molecule has 0 fully saturated rings. The first kappa shape index (κ1) is 16.4. The summed E-state index contributed by atoms with van der Waals surface area (Å²) in [6.45, 7) is 1.77. The zero-order chi connectivity index (χ0) is 17.4. The van der Waals surface area contributed by atoms with E-state index in [2.05, 4.69) is 15.5 Å². The molecule has 1 aromatic carbocycles. The van der Waals surface area contributed by atoms with E-state index in [1.54, 1.807) is 36.7 Å². The Labute approximate surface area is 146 Å². The van der Waals surface area contributed by atoms with E-state index in [9.17, 15) is 9.59 Å². The molecule has 0 aliphatic carbocycles. The molecular formula is C15H14ClN5O2S. The van der Waals surface area contributed by atoms with Gasteiger partial charge in [-0.1, -0.05) is 29.0 Å². The van der Waals surface area contributed by atoms with Gasteiger partial charge in [0.25, 0.3) is 11.8 Å². The van der Waals surface area contributed by atoms with Crippen molar-refractivity contribution in [3.05, 3.63) is 45.0 Å². The van der Waals surface area contributed by atoms with E-state index in [0.717, 1.165) is 22.2 Å². The van der Waals surface area contributed by atoms with Crippen molar-refractivity contribution in [2.75, 3.05) is 0 Å². The summed E-state index contributed by atoms with van der Waals surface area (Å²) in [6, 6.07) is 6.84. The molecule has 1 atom stereocenters. The van der Waals surface area contributed by atoms with Crippen LogP contribution >= 0.6 is 22.9 Å². The van der Waals surface area contributed by atoms with Crippen LogP contribution in [0.1, 0.15) is 38.3 Å². The molecule has 9 heteroatoms. The van der Waals surface area contributed by atoms with Crippen molar-refractivity contribution in [2.24, 2.45) is 12.8 Å². The number of hydrogen-bond acceptors (Lipinski definition) is 5. The molecule has 0 bridgehead atoms. The average Bonchev–Trinajstić information content (AvgIpc) is 3.13. The monoisotopic (exact) mass is 363 g/mol. The molecule has 0 saturated heterocycles. The van der Waals surface area contributed by atoms with Crippen LogP contribution in [0, 0.1) is 0 Å². The number of aryl methyl sites for hydroxylation is 1. The smallest absolute Gasteiger partial charge is 0.279 e. The lowest BCUT2D eigenvalue weighted by Crippen LogP contribution is -2.28. The number of nitrogens with one attached hydrogen (secondary N) is 1. The Morgan fingerprint density at radius 1 is 1.33 bits per heavy atom. The van der Waals surface area contributed by atoms with Gasteiger partial charge in [0.2, 0.25) is 5.01 Å². The van der Waals surface area contributed by atoms with Gasteiger partial charge in [-0.2, -0.15) is 0 Å². The van der Waals surface area contributed by atoms with Gasteiger partial charge in [-0.15, -0.1) is 10.2 Å². The van der Waals surface area contributed by atoms with Crippen molar-refractivity contribution in [3.8, 4) is 0 Å². The highest BCUT2D eigenvalue weighted by atomic mass is 35.5. The largest absolute Gasteiger partial charge is 0.363 e. The predicted octanol–water partition coefficient (Wildman–Crippen LogP) is 2.27. The zero-order valence-electron chi connectivity index (χ0n) is 12.9. The Hall–Kier alpha value is -2.45. The van der Waals surface area contributed by atoms with Crippen LogP contribution in [0.2, 0.25) is 5.02 Å². The number of rotatable bonds is 4. The molecule has 3 aromatic rings. The Morgan fingerprint density at radius 2 is 2.08 bits per heavy atom. The van der Waals surface area contributed by atoms with Gasteiger partial charge in [0.05, 0.1) is 6.04 Å². The van der Waals surface area contributed by atoms with Crippen molar-refractivity contribution in [1.29, 1.82) is 0 Å². The number of hydrogen-bond donors (Lipinski definition) is 2. The lowest BCUT2D eigenvalue weighted by atomic mass is 10.2. The summed E-state index contributed by atoms with van der Waals surface area (Å²) in [5, 5.41) is 12.6. The molecular weight excluding hydrogens is 350 g/mol. The average molecular weight is 364 g/mol. The number of fused-ring (bicyclic) bond motifs is 1. The summed E-state index contributed by atoms with van der Waals surface area (Å²) in [4.78, 5) is 23.6. The number of carbonyl (C=O) groups is 2. The van der Waals surface area contributed by atoms with E-state index >= 15 is 0 Å². The van der Waals surface area contributed by atoms with Gasteiger partial charge in [-0.25, -0.2) is 0 Å². The van der Waals surface area contributed by atoms with Crippen LogP contribution in [0.3, 0.4) is 0 Å². The quantitative estimate of drug-likeness (QED) is 0.742. The third-order valence-electron chi connectivity index (χ3n) is 3.61. The number of primary amides is 1. The Balaban J connectivity index is 1.84. The number of amides is 2. The van der Waals surface area contributed by atoms with Crippen LogP contribution in [0.5, 0.6) is 0 Å². The predicted molar refractivity (Wildman–Crippen MR) is 92.2 cm³/mol. The molecule has 0 saturated carbocycles. The van der Waals surface area contributed by atoms with Crippen LogP contribution in [0.15, 0.2) is 24.3 Å². The van der Waals surface area contributed by atoms with E-state index < -0.39 is 11.9 Å². The summed E-state index contributed by atoms with van der Waals surface area (Å²) in [6.07, 6.45) is 0. The highest BCUT2D eigenvalue weighted by molar-refractivity contribution is 7.13. The van der Waals surface area contributed by atoms with E-state index in [1.165, 1.54) is 0 Å². The van der Waals surface area contributed by atoms with Gasteiger partial charge in [0, 0.05) is 23.0 Å². The summed E-state index contributed by atoms with van der Waals surface area (Å²) in [5.41, 5.74) is 6.53. The molecule has 124 valence electrons. The first-order chi connectivity index (χ1) is 11.4. The maximum absolute atomic E-state index is 12.5. The summed E-state index contributed by atoms with van der Waals surface area (Å²) in [7, 11) is 1.80. The maximum atomic E-state index is 12.5. The van der Waals surface area contributed by atoms with E-state index in [-0.39, 0.29) is 10.9 Å². The molecule has 7 nitrogen and oxygen atoms in total. The second-order valence-corrected chi connectivity index (χ2v) is 6.74. The van der Waals surface area contributed by atoms with Gasteiger partial charge >= 0.3 is 0 Å². The van der Waals surface area contributed by atoms with Crippen molar-refractivity contribution < 1.29 is 9.59 Å². The fourth-order valence-electron chi connectivity index (χ4n) is 2.36. The lowest BCUT2D eigenvalue weighted by molar-refractivity contribution is 0.0930. The standard InChI is InChI=1S/C15H14ClN5O2S/c1-7(14-19-20-15(24-14)12(17)22)18-13(23)11-5-8-3-4-9(16)6-10(8)21(11)2/h3-7H,1-2H3,(H2,17,22)(H,18,23). The van der Waals surface area contributed by atoms with E-state index in [0.29, 0.717) is 15.7 Å². The molecule has 3 rings (SSSR count). The van der Waals surface area contributed by atoms with Crippen LogP contribution < -0.4 is 11.1 Å². The first-order valence-electron chi connectivity index (χ1n) is 7.06. The number of nitrogens with zero attached hydrogens (tertiary/aromatic N) is 3. The Kier molecular flexibility index (Phi) is 4.25. The van der Waals surface area contributed by atoms with Crippen LogP contribution in [0.4, 0.5) is 0 Å². The number of halogens is 1. The number of benzene rings is 1. The molecule has 2 heterocycles. The molecule has 0 spiro atoms. The molecule has 1 unspecified atom stereocenters. The Morgan fingerprint density at radius 3 is 2.75 bits per heavy atom. The molecule has 3 N–H and O–H groups in total. The van der Waals surface area contributed by atoms with Crippen molar-refractivity contribution in [3.63, 3.8) is 0 Å². The summed E-state index contributed by atoms with van der Waals surface area (Å²) in [5.74, 6) is -0.893. The zero-order valence-corrected chi connectivity index (χ0v) is 14.5. The summed E-state index contributed by atoms with van der Waals surface area (Å²) >= 11 is 7.07. The van der Waals surface area contributed by atoms with Crippen LogP contribution in [0.25, 0.3) is 10.9 Å². The third kappa shape index (κ3) is 2.98. The minimum Gasteiger partial charge on any atom is -0.363 e. The highest BCUT2D eigenvalue weighted by Crippen LogP contribution is 2.23. The van der Waals surface area contributed by atoms with Gasteiger partial charge in [0.15, 0.2) is 0 Å². The molecule has 2 amide bonds. The Bertz CT molecular complexity index is 949. The SMILES string of the molecule is CC(NC(=O)c1cc2ccc(Cl)cc2n1C)c1nnc(C(N)=O)s1. The van der Waals surface area contributed by atoms with Crippen LogP contribution in [-0.4, -0.2) is 26.6 Å². The fraction of sp³-hybridized carbons (Fsp3) is 0.200. The minimum absolute atomic E-state index is 0.116. The number of carbonyl (C=O) groups excluding carboxylic acids is 2. The van der Waals surface area contributed by atoms with Crippen molar-refractivity contribution in [1.82, 2.24) is 20.1 Å². The number of nitrogens with two attached hydrogens (primary N) is 1. The molecule has 0 radical (unpaired) electrons. The van der Waals surface area contributed by atoms with Gasteiger partial charge in [-0.05, 0) is 25.1 Å². The highest BCUT2D eigenvalue weighted by Gasteiger charge is 2.20. The second kappa shape index (κ2) is 6.21. The molecule has 0 aliphatic rings. The van der Waals surface area contributed by atoms with Crippen molar-refractivity contribution >= 4 is 45.7 Å². The topological polar surface area (TPSA) is 103 Å². The fourth-order valence-corrected chi connectivity index (χ4v) is 3.23. The van der Waals surface area contributed by atoms with Gasteiger partial charge < -0.3 is 15.6 Å². The first-order valence-corrected chi connectivity index (χ1v) is 8.25. The van der Waals surface area contributed by atoms with Gasteiger partial charge in [0.1, 0.15) is 10.7 Å². The molecule has 24 heavy (non-hydrogen) atoms. The van der Waals surface area contributed by atoms with Crippen LogP contribution in [-0.2, 0) is 7.05 Å². The summed E-state index contributed by atoms with van der Waals surface area (Å²) < 4.78 is 1.78. The maximum Gasteiger partial charge on any atom is 0.279 e. The third-order valence-corrected chi connectivity index (χ3v) is 4.97. The van der Waals surface area contributed by atoms with Gasteiger partial charge in [-0.3, -0.25) is 9.59 Å². The minimum atomic E-state index is -0.636. The molecule has 0 aliphatic heterocycles. The second-order valence-electron chi connectivity index (χ2n) is 5.30. The number of aromatic nitrogens is 3. The van der Waals surface area contributed by atoms with Crippen molar-refractivity contribution in [2.45, 2.75) is 13.0 Å². The van der Waals surface area contributed by atoms with E-state index in [4.69, 9.17) is 17.3 Å². The lowest BCUT2D eigenvalue weighted by Gasteiger charge is -2.11. The van der Waals surface area contributed by atoms with E-state index in [1.807, 2.05) is 6.07 Å². The molecule has 2 aromatic heterocycles. The normalized spacial score (nSPS) is 12.3.